The summed E-state index contributed by atoms with van der Waals surface area (Å²) >= 11 is 1.91. The number of rotatable bonds is 3. The summed E-state index contributed by atoms with van der Waals surface area (Å²) in [5.41, 5.74) is 7.57. The van der Waals surface area contributed by atoms with Crippen LogP contribution in [-0.2, 0) is 0 Å². The minimum Gasteiger partial charge on any atom is -0.135 e. The lowest BCUT2D eigenvalue weighted by Gasteiger charge is -2.19. The lowest BCUT2D eigenvalue weighted by atomic mass is 9.84. The molecule has 0 aliphatic rings. The quantitative estimate of drug-likeness (QED) is 0.130. The van der Waals surface area contributed by atoms with Crippen molar-refractivity contribution < 1.29 is 0 Å². The summed E-state index contributed by atoms with van der Waals surface area (Å²) in [6.45, 7) is 0. The van der Waals surface area contributed by atoms with E-state index in [1.807, 2.05) is 11.3 Å². The summed E-state index contributed by atoms with van der Waals surface area (Å²) < 4.78 is 2.70. The summed E-state index contributed by atoms with van der Waals surface area (Å²) in [7, 11) is 0. The van der Waals surface area contributed by atoms with Crippen molar-refractivity contribution in [2.75, 3.05) is 0 Å². The van der Waals surface area contributed by atoms with E-state index in [0.29, 0.717) is 0 Å². The van der Waals surface area contributed by atoms with Crippen LogP contribution in [0.2, 0.25) is 0 Å². The molecule has 11 rings (SSSR count). The maximum atomic E-state index is 2.41. The number of hydrogen-bond acceptors (Lipinski definition) is 1. The Kier molecular flexibility index (Phi) is 6.22. The molecule has 0 aliphatic heterocycles. The first-order valence-electron chi connectivity index (χ1n) is 17.6. The van der Waals surface area contributed by atoms with E-state index in [4.69, 9.17) is 0 Å². The van der Waals surface area contributed by atoms with Gasteiger partial charge in [0.15, 0.2) is 0 Å². The molecule has 0 amide bonds. The van der Waals surface area contributed by atoms with Crippen LogP contribution in [0.25, 0.3) is 107 Å². The Labute approximate surface area is 299 Å². The topological polar surface area (TPSA) is 0 Å². The second kappa shape index (κ2) is 11.1. The molecule has 0 bridgehead atoms. The average Bonchev–Trinajstić information content (AvgIpc) is 3.59. The Balaban J connectivity index is 1.10. The van der Waals surface area contributed by atoms with Crippen LogP contribution in [0.1, 0.15) is 0 Å². The smallest absolute Gasteiger partial charge is 0.0440 e. The highest BCUT2D eigenvalue weighted by Crippen LogP contribution is 2.47. The zero-order valence-electron chi connectivity index (χ0n) is 27.7. The fraction of sp³-hybridized carbons (Fsp3) is 0. The maximum absolute atomic E-state index is 2.41. The van der Waals surface area contributed by atoms with E-state index in [1.165, 1.54) is 107 Å². The van der Waals surface area contributed by atoms with E-state index in [2.05, 4.69) is 182 Å². The first kappa shape index (κ1) is 28.5. The van der Waals surface area contributed by atoms with Gasteiger partial charge in [-0.15, -0.1) is 11.3 Å². The molecule has 0 nitrogen and oxygen atoms in total. The second-order valence-corrected chi connectivity index (χ2v) is 14.6. The molecule has 11 aromatic rings. The van der Waals surface area contributed by atoms with Crippen molar-refractivity contribution >= 4 is 85.4 Å². The van der Waals surface area contributed by atoms with Crippen LogP contribution in [0.15, 0.2) is 182 Å². The molecule has 51 heavy (non-hydrogen) atoms. The van der Waals surface area contributed by atoms with Crippen molar-refractivity contribution in [2.24, 2.45) is 0 Å². The highest BCUT2D eigenvalue weighted by atomic mass is 32.1. The largest absolute Gasteiger partial charge is 0.135 e. The van der Waals surface area contributed by atoms with Gasteiger partial charge < -0.3 is 0 Å². The number of thiophene rings is 1. The van der Waals surface area contributed by atoms with Gasteiger partial charge in [-0.25, -0.2) is 0 Å². The highest BCUT2D eigenvalue weighted by Gasteiger charge is 2.19. The Bertz CT molecular complexity index is 3120. The zero-order chi connectivity index (χ0) is 33.5. The number of fused-ring (bicyclic) bond motifs is 11. The molecule has 1 heterocycles. The first-order chi connectivity index (χ1) is 25.3. The second-order valence-electron chi connectivity index (χ2n) is 13.6. The van der Waals surface area contributed by atoms with Gasteiger partial charge in [0, 0.05) is 25.6 Å². The molecular formula is C50H30S. The third-order valence-electron chi connectivity index (χ3n) is 10.8. The van der Waals surface area contributed by atoms with Crippen molar-refractivity contribution in [3.63, 3.8) is 0 Å². The Morgan fingerprint density at radius 3 is 1.47 bits per heavy atom. The summed E-state index contributed by atoms with van der Waals surface area (Å²) in [4.78, 5) is 0. The van der Waals surface area contributed by atoms with E-state index in [1.54, 1.807) is 0 Å². The van der Waals surface area contributed by atoms with Gasteiger partial charge in [0.1, 0.15) is 0 Å². The molecule has 236 valence electrons. The van der Waals surface area contributed by atoms with E-state index in [-0.39, 0.29) is 0 Å². The lowest BCUT2D eigenvalue weighted by molar-refractivity contribution is 1.64. The molecule has 0 atom stereocenters. The van der Waals surface area contributed by atoms with Gasteiger partial charge in [0.2, 0.25) is 0 Å². The van der Waals surface area contributed by atoms with E-state index >= 15 is 0 Å². The normalized spacial score (nSPS) is 11.9. The standard InChI is InChI=1S/C50H30S/c1-2-14-35-32(12-1)13-11-23-38(35)48-42-20-8-6-18-40(42)47(41-19-7-9-21-43(41)48)33-26-24-31(25-27-33)34-28-29-46-45(30-34)49-39-17-5-3-15-36(39)37-16-4-10-22-44(37)50(49)51-46/h1-30H. The van der Waals surface area contributed by atoms with Gasteiger partial charge in [-0.05, 0) is 94.0 Å². The Morgan fingerprint density at radius 2 is 0.784 bits per heavy atom. The summed E-state index contributed by atoms with van der Waals surface area (Å²) in [5, 5.41) is 15.7. The zero-order valence-corrected chi connectivity index (χ0v) is 28.5. The molecule has 10 aromatic carbocycles. The van der Waals surface area contributed by atoms with E-state index in [0.717, 1.165) is 0 Å². The molecule has 0 saturated heterocycles. The van der Waals surface area contributed by atoms with Gasteiger partial charge in [-0.3, -0.25) is 0 Å². The predicted octanol–water partition coefficient (Wildman–Crippen LogP) is 14.8. The van der Waals surface area contributed by atoms with Gasteiger partial charge in [0.25, 0.3) is 0 Å². The third-order valence-corrected chi connectivity index (χ3v) is 12.0. The summed E-state index contributed by atoms with van der Waals surface area (Å²) in [6, 6.07) is 67.3. The molecule has 0 radical (unpaired) electrons. The van der Waals surface area contributed by atoms with Crippen LogP contribution in [0, 0.1) is 0 Å². The van der Waals surface area contributed by atoms with Crippen LogP contribution in [-0.4, -0.2) is 0 Å². The molecule has 0 saturated carbocycles. The first-order valence-corrected chi connectivity index (χ1v) is 18.4. The average molecular weight is 663 g/mol. The van der Waals surface area contributed by atoms with Crippen LogP contribution < -0.4 is 0 Å². The lowest BCUT2D eigenvalue weighted by Crippen LogP contribution is -1.91. The SMILES string of the molecule is c1ccc2c(-c3c4ccccc4c(-c4ccc(-c5ccc6sc7c8ccccc8c8ccccc8c7c6c5)cc4)c4ccccc34)cccc2c1. The van der Waals surface area contributed by atoms with Crippen LogP contribution in [0.5, 0.6) is 0 Å². The van der Waals surface area contributed by atoms with Gasteiger partial charge in [-0.2, -0.15) is 0 Å². The third kappa shape index (κ3) is 4.26. The van der Waals surface area contributed by atoms with Gasteiger partial charge in [0.05, 0.1) is 0 Å². The maximum Gasteiger partial charge on any atom is 0.0440 e. The van der Waals surface area contributed by atoms with E-state index in [9.17, 15) is 0 Å². The molecule has 0 aliphatic carbocycles. The van der Waals surface area contributed by atoms with Gasteiger partial charge in [-0.1, -0.05) is 170 Å². The molecule has 1 aromatic heterocycles. The molecule has 0 spiro atoms. The molecule has 0 fully saturated rings. The van der Waals surface area contributed by atoms with Crippen LogP contribution >= 0.6 is 11.3 Å². The van der Waals surface area contributed by atoms with Crippen LogP contribution in [0.3, 0.4) is 0 Å². The Hall–Kier alpha value is -6.28. The van der Waals surface area contributed by atoms with Crippen molar-refractivity contribution in [3.05, 3.63) is 182 Å². The summed E-state index contributed by atoms with van der Waals surface area (Å²) in [6.07, 6.45) is 0. The predicted molar refractivity (Wildman–Crippen MR) is 223 cm³/mol. The van der Waals surface area contributed by atoms with Crippen molar-refractivity contribution in [1.29, 1.82) is 0 Å². The number of benzene rings is 10. The fourth-order valence-electron chi connectivity index (χ4n) is 8.59. The minimum atomic E-state index is 1.23. The minimum absolute atomic E-state index is 1.23. The van der Waals surface area contributed by atoms with Gasteiger partial charge >= 0.3 is 0 Å². The molecular weight excluding hydrogens is 633 g/mol. The fourth-order valence-corrected chi connectivity index (χ4v) is 9.83. The Morgan fingerprint density at radius 1 is 0.294 bits per heavy atom. The van der Waals surface area contributed by atoms with Crippen molar-refractivity contribution in [1.82, 2.24) is 0 Å². The number of hydrogen-bond donors (Lipinski definition) is 0. The van der Waals surface area contributed by atoms with Crippen molar-refractivity contribution in [2.45, 2.75) is 0 Å². The van der Waals surface area contributed by atoms with E-state index < -0.39 is 0 Å². The summed E-state index contributed by atoms with van der Waals surface area (Å²) in [5.74, 6) is 0. The highest BCUT2D eigenvalue weighted by molar-refractivity contribution is 7.27. The molecule has 0 N–H and O–H groups in total. The van der Waals surface area contributed by atoms with Crippen molar-refractivity contribution in [3.8, 4) is 33.4 Å². The molecule has 0 unspecified atom stereocenters. The van der Waals surface area contributed by atoms with Crippen LogP contribution in [0.4, 0.5) is 0 Å². The monoisotopic (exact) mass is 662 g/mol. The molecule has 1 heteroatoms.